The molecule has 0 fully saturated rings. The number of amides is 1. The molecule has 0 radical (unpaired) electrons. The first kappa shape index (κ1) is 13.0. The standard InChI is InChI=1S/C14H16N4O/c15-11-7-8-13(17-10-11)18-14(19)6-3-5-12-4-1-2-9-16-12/h1-2,4,7-10H,3,5-6,15H2,(H,17,18,19). The van der Waals surface area contributed by atoms with E-state index in [0.717, 1.165) is 18.5 Å². The number of nitrogens with zero attached hydrogens (tertiary/aromatic N) is 2. The molecule has 5 heteroatoms. The van der Waals surface area contributed by atoms with Gasteiger partial charge in [-0.15, -0.1) is 0 Å². The van der Waals surface area contributed by atoms with Gasteiger partial charge in [0.1, 0.15) is 5.82 Å². The maximum Gasteiger partial charge on any atom is 0.225 e. The van der Waals surface area contributed by atoms with Crippen LogP contribution in [0.3, 0.4) is 0 Å². The predicted octanol–water partition coefficient (Wildman–Crippen LogP) is 2.02. The Bertz CT molecular complexity index is 525. The highest BCUT2D eigenvalue weighted by molar-refractivity contribution is 5.89. The normalized spacial score (nSPS) is 10.1. The van der Waals surface area contributed by atoms with E-state index in [2.05, 4.69) is 15.3 Å². The third-order valence-electron chi connectivity index (χ3n) is 2.62. The van der Waals surface area contributed by atoms with Gasteiger partial charge in [-0.1, -0.05) is 6.07 Å². The van der Waals surface area contributed by atoms with Gasteiger partial charge in [-0.05, 0) is 37.1 Å². The van der Waals surface area contributed by atoms with E-state index in [9.17, 15) is 4.79 Å². The molecule has 0 aliphatic heterocycles. The molecule has 0 saturated heterocycles. The van der Waals surface area contributed by atoms with Crippen molar-refractivity contribution in [3.05, 3.63) is 48.4 Å². The topological polar surface area (TPSA) is 80.9 Å². The number of nitrogens with two attached hydrogens (primary N) is 1. The van der Waals surface area contributed by atoms with Gasteiger partial charge in [0.25, 0.3) is 0 Å². The number of carbonyl (C=O) groups excluding carboxylic acids is 1. The van der Waals surface area contributed by atoms with E-state index in [4.69, 9.17) is 5.73 Å². The Balaban J connectivity index is 1.74. The molecule has 0 atom stereocenters. The number of nitrogen functional groups attached to an aromatic ring is 1. The lowest BCUT2D eigenvalue weighted by molar-refractivity contribution is -0.116. The number of hydrogen-bond acceptors (Lipinski definition) is 4. The number of pyridine rings is 2. The van der Waals surface area contributed by atoms with Gasteiger partial charge in [0, 0.05) is 18.3 Å². The predicted molar refractivity (Wildman–Crippen MR) is 74.5 cm³/mol. The van der Waals surface area contributed by atoms with Gasteiger partial charge in [-0.3, -0.25) is 9.78 Å². The summed E-state index contributed by atoms with van der Waals surface area (Å²) in [5.41, 5.74) is 7.10. The van der Waals surface area contributed by atoms with E-state index in [1.54, 1.807) is 18.3 Å². The van der Waals surface area contributed by atoms with Crippen LogP contribution in [0.2, 0.25) is 0 Å². The lowest BCUT2D eigenvalue weighted by atomic mass is 10.2. The molecule has 2 aromatic heterocycles. The second-order valence-electron chi connectivity index (χ2n) is 4.20. The molecule has 0 aliphatic carbocycles. The Morgan fingerprint density at radius 3 is 2.79 bits per heavy atom. The minimum atomic E-state index is -0.0480. The molecule has 0 spiro atoms. The average molecular weight is 256 g/mol. The van der Waals surface area contributed by atoms with E-state index in [1.165, 1.54) is 6.20 Å². The number of aryl methyl sites for hydroxylation is 1. The Labute approximate surface area is 111 Å². The molecule has 0 aromatic carbocycles. The molecule has 0 saturated carbocycles. The molecular formula is C14H16N4O. The summed E-state index contributed by atoms with van der Waals surface area (Å²) in [5, 5.41) is 2.73. The van der Waals surface area contributed by atoms with Crippen molar-refractivity contribution in [1.29, 1.82) is 0 Å². The smallest absolute Gasteiger partial charge is 0.225 e. The van der Waals surface area contributed by atoms with Crippen molar-refractivity contribution < 1.29 is 4.79 Å². The fourth-order valence-corrected chi connectivity index (χ4v) is 1.66. The lowest BCUT2D eigenvalue weighted by Gasteiger charge is -2.04. The van der Waals surface area contributed by atoms with Gasteiger partial charge in [0.05, 0.1) is 11.9 Å². The number of aromatic nitrogens is 2. The highest BCUT2D eigenvalue weighted by atomic mass is 16.1. The quantitative estimate of drug-likeness (QED) is 0.857. The summed E-state index contributed by atoms with van der Waals surface area (Å²) >= 11 is 0. The molecule has 2 heterocycles. The zero-order chi connectivity index (χ0) is 13.5. The second-order valence-corrected chi connectivity index (χ2v) is 4.20. The third kappa shape index (κ3) is 4.39. The second kappa shape index (κ2) is 6.49. The van der Waals surface area contributed by atoms with Crippen molar-refractivity contribution in [2.75, 3.05) is 11.1 Å². The van der Waals surface area contributed by atoms with Crippen LogP contribution in [0.15, 0.2) is 42.7 Å². The van der Waals surface area contributed by atoms with Crippen LogP contribution in [0.4, 0.5) is 11.5 Å². The SMILES string of the molecule is Nc1ccc(NC(=O)CCCc2ccccn2)nc1. The van der Waals surface area contributed by atoms with Crippen molar-refractivity contribution in [3.8, 4) is 0 Å². The minimum Gasteiger partial charge on any atom is -0.397 e. The highest BCUT2D eigenvalue weighted by Crippen LogP contribution is 2.07. The molecule has 0 aliphatic rings. The first-order chi connectivity index (χ1) is 9.24. The van der Waals surface area contributed by atoms with Crippen LogP contribution in [-0.2, 0) is 11.2 Å². The monoisotopic (exact) mass is 256 g/mol. The zero-order valence-electron chi connectivity index (χ0n) is 10.5. The highest BCUT2D eigenvalue weighted by Gasteiger charge is 2.03. The number of anilines is 2. The number of nitrogens with one attached hydrogen (secondary N) is 1. The van der Waals surface area contributed by atoms with Crippen LogP contribution in [0.25, 0.3) is 0 Å². The van der Waals surface area contributed by atoms with Crippen molar-refractivity contribution in [3.63, 3.8) is 0 Å². The molecule has 19 heavy (non-hydrogen) atoms. The molecule has 5 nitrogen and oxygen atoms in total. The molecular weight excluding hydrogens is 240 g/mol. The fourth-order valence-electron chi connectivity index (χ4n) is 1.66. The lowest BCUT2D eigenvalue weighted by Crippen LogP contribution is -2.12. The van der Waals surface area contributed by atoms with Crippen LogP contribution < -0.4 is 11.1 Å². The molecule has 2 aromatic rings. The van der Waals surface area contributed by atoms with Gasteiger partial charge < -0.3 is 11.1 Å². The number of hydrogen-bond donors (Lipinski definition) is 2. The Morgan fingerprint density at radius 1 is 1.21 bits per heavy atom. The fraction of sp³-hybridized carbons (Fsp3) is 0.214. The van der Waals surface area contributed by atoms with Crippen molar-refractivity contribution in [2.45, 2.75) is 19.3 Å². The van der Waals surface area contributed by atoms with Crippen LogP contribution >= 0.6 is 0 Å². The number of carbonyl (C=O) groups is 1. The van der Waals surface area contributed by atoms with E-state index in [-0.39, 0.29) is 5.91 Å². The van der Waals surface area contributed by atoms with E-state index in [1.807, 2.05) is 18.2 Å². The van der Waals surface area contributed by atoms with Crippen LogP contribution in [0.5, 0.6) is 0 Å². The van der Waals surface area contributed by atoms with Gasteiger partial charge in [0.15, 0.2) is 0 Å². The molecule has 98 valence electrons. The third-order valence-corrected chi connectivity index (χ3v) is 2.62. The Kier molecular flexibility index (Phi) is 4.44. The summed E-state index contributed by atoms with van der Waals surface area (Å²) < 4.78 is 0. The zero-order valence-corrected chi connectivity index (χ0v) is 10.5. The Morgan fingerprint density at radius 2 is 2.11 bits per heavy atom. The summed E-state index contributed by atoms with van der Waals surface area (Å²) in [6.45, 7) is 0. The van der Waals surface area contributed by atoms with Gasteiger partial charge in [-0.25, -0.2) is 4.98 Å². The first-order valence-electron chi connectivity index (χ1n) is 6.15. The van der Waals surface area contributed by atoms with E-state index in [0.29, 0.717) is 17.9 Å². The van der Waals surface area contributed by atoms with Crippen LogP contribution in [0.1, 0.15) is 18.5 Å². The van der Waals surface area contributed by atoms with E-state index >= 15 is 0 Å². The van der Waals surface area contributed by atoms with Crippen LogP contribution in [0, 0.1) is 0 Å². The number of rotatable bonds is 5. The summed E-state index contributed by atoms with van der Waals surface area (Å²) in [7, 11) is 0. The summed E-state index contributed by atoms with van der Waals surface area (Å²) in [4.78, 5) is 19.9. The van der Waals surface area contributed by atoms with Gasteiger partial charge in [0.2, 0.25) is 5.91 Å². The summed E-state index contributed by atoms with van der Waals surface area (Å²) in [6, 6.07) is 9.17. The van der Waals surface area contributed by atoms with Crippen molar-refractivity contribution in [1.82, 2.24) is 9.97 Å². The van der Waals surface area contributed by atoms with Gasteiger partial charge >= 0.3 is 0 Å². The van der Waals surface area contributed by atoms with Crippen molar-refractivity contribution >= 4 is 17.4 Å². The Hall–Kier alpha value is -2.43. The maximum atomic E-state index is 11.7. The first-order valence-corrected chi connectivity index (χ1v) is 6.15. The average Bonchev–Trinajstić information content (AvgIpc) is 2.43. The largest absolute Gasteiger partial charge is 0.397 e. The maximum absolute atomic E-state index is 11.7. The summed E-state index contributed by atoms with van der Waals surface area (Å²) in [6.07, 6.45) is 5.28. The molecule has 3 N–H and O–H groups in total. The molecule has 0 unspecified atom stereocenters. The minimum absolute atomic E-state index is 0.0480. The molecule has 1 amide bonds. The van der Waals surface area contributed by atoms with E-state index < -0.39 is 0 Å². The van der Waals surface area contributed by atoms with Gasteiger partial charge in [-0.2, -0.15) is 0 Å². The van der Waals surface area contributed by atoms with Crippen molar-refractivity contribution in [2.24, 2.45) is 0 Å². The molecule has 2 rings (SSSR count). The molecule has 0 bridgehead atoms. The van der Waals surface area contributed by atoms with Crippen LogP contribution in [-0.4, -0.2) is 15.9 Å². The summed E-state index contributed by atoms with van der Waals surface area (Å²) in [5.74, 6) is 0.477.